The molecule has 0 spiro atoms. The Labute approximate surface area is 86.4 Å². The number of hydrogen-bond donors (Lipinski definition) is 1. The van der Waals surface area contributed by atoms with E-state index in [2.05, 4.69) is 0 Å². The third-order valence-electron chi connectivity index (χ3n) is 1.84. The fourth-order valence-electron chi connectivity index (χ4n) is 1.12. The zero-order valence-corrected chi connectivity index (χ0v) is 8.55. The van der Waals surface area contributed by atoms with Gasteiger partial charge < -0.3 is 5.11 Å². The van der Waals surface area contributed by atoms with E-state index in [1.807, 2.05) is 11.4 Å². The van der Waals surface area contributed by atoms with Crippen LogP contribution in [0.2, 0.25) is 0 Å². The summed E-state index contributed by atoms with van der Waals surface area (Å²) in [4.78, 5) is 22.4. The fraction of sp³-hybridized carbons (Fsp3) is 0.400. The zero-order chi connectivity index (χ0) is 10.4. The summed E-state index contributed by atoms with van der Waals surface area (Å²) in [7, 11) is 0. The van der Waals surface area contributed by atoms with E-state index in [-0.39, 0.29) is 12.2 Å². The first-order chi connectivity index (χ1) is 6.70. The summed E-state index contributed by atoms with van der Waals surface area (Å²) in [6.45, 7) is 0. The lowest BCUT2D eigenvalue weighted by molar-refractivity contribution is -0.137. The first kappa shape index (κ1) is 10.9. The van der Waals surface area contributed by atoms with Gasteiger partial charge >= 0.3 is 5.97 Å². The Balaban J connectivity index is 2.19. The predicted molar refractivity (Wildman–Crippen MR) is 54.8 cm³/mol. The monoisotopic (exact) mass is 212 g/mol. The molecule has 1 heterocycles. The number of unbranched alkanes of at least 4 members (excludes halogenated alkanes) is 1. The Morgan fingerprint density at radius 3 is 2.57 bits per heavy atom. The third-order valence-corrected chi connectivity index (χ3v) is 2.75. The van der Waals surface area contributed by atoms with E-state index in [0.717, 1.165) is 4.88 Å². The molecule has 4 heteroatoms. The van der Waals surface area contributed by atoms with E-state index in [0.29, 0.717) is 19.3 Å². The van der Waals surface area contributed by atoms with E-state index >= 15 is 0 Å². The van der Waals surface area contributed by atoms with Crippen molar-refractivity contribution >= 4 is 23.1 Å². The van der Waals surface area contributed by atoms with Crippen LogP contribution in [0.15, 0.2) is 17.5 Å². The summed E-state index contributed by atoms with van der Waals surface area (Å²) in [5.74, 6) is -0.682. The normalized spacial score (nSPS) is 10.0. The van der Waals surface area contributed by atoms with Gasteiger partial charge in [0.1, 0.15) is 0 Å². The van der Waals surface area contributed by atoms with Gasteiger partial charge in [-0.3, -0.25) is 9.59 Å². The molecule has 1 aromatic rings. The minimum Gasteiger partial charge on any atom is -0.481 e. The van der Waals surface area contributed by atoms with Crippen molar-refractivity contribution in [2.45, 2.75) is 25.7 Å². The number of carbonyl (C=O) groups excluding carboxylic acids is 1. The van der Waals surface area contributed by atoms with Crippen LogP contribution in [0, 0.1) is 0 Å². The summed E-state index contributed by atoms with van der Waals surface area (Å²) >= 11 is 1.43. The predicted octanol–water partition coefficient (Wildman–Crippen LogP) is 2.58. The largest absolute Gasteiger partial charge is 0.481 e. The highest BCUT2D eigenvalue weighted by Gasteiger charge is 2.06. The second-order valence-corrected chi connectivity index (χ2v) is 3.95. The molecule has 1 rings (SSSR count). The smallest absolute Gasteiger partial charge is 0.303 e. The Bertz CT molecular complexity index is 303. The van der Waals surface area contributed by atoms with Crippen LogP contribution in [0.4, 0.5) is 0 Å². The highest BCUT2D eigenvalue weighted by Crippen LogP contribution is 2.13. The number of Topliss-reactive ketones (excluding diaryl/α,β-unsaturated/α-hetero) is 1. The van der Waals surface area contributed by atoms with E-state index in [9.17, 15) is 9.59 Å². The maximum absolute atomic E-state index is 11.4. The molecule has 0 amide bonds. The average molecular weight is 212 g/mol. The van der Waals surface area contributed by atoms with Crippen molar-refractivity contribution in [2.24, 2.45) is 0 Å². The number of carboxylic acids is 1. The number of aliphatic carboxylic acids is 1. The van der Waals surface area contributed by atoms with Crippen LogP contribution in [0.25, 0.3) is 0 Å². The van der Waals surface area contributed by atoms with Crippen molar-refractivity contribution in [1.29, 1.82) is 0 Å². The van der Waals surface area contributed by atoms with Crippen LogP contribution in [-0.2, 0) is 4.79 Å². The fourth-order valence-corrected chi connectivity index (χ4v) is 1.82. The molecule has 0 saturated heterocycles. The highest BCUT2D eigenvalue weighted by atomic mass is 32.1. The zero-order valence-electron chi connectivity index (χ0n) is 7.73. The van der Waals surface area contributed by atoms with Crippen molar-refractivity contribution < 1.29 is 14.7 Å². The second kappa shape index (κ2) is 5.54. The summed E-state index contributed by atoms with van der Waals surface area (Å²) in [6, 6.07) is 3.64. The molecule has 0 fully saturated rings. The average Bonchev–Trinajstić information content (AvgIpc) is 2.64. The quantitative estimate of drug-likeness (QED) is 0.582. The molecule has 0 aromatic carbocycles. The summed E-state index contributed by atoms with van der Waals surface area (Å²) in [5, 5.41) is 10.2. The van der Waals surface area contributed by atoms with Gasteiger partial charge in [-0.2, -0.15) is 0 Å². The van der Waals surface area contributed by atoms with Gasteiger partial charge in [0.15, 0.2) is 5.78 Å². The summed E-state index contributed by atoms with van der Waals surface area (Å²) in [6.07, 6.45) is 1.83. The Morgan fingerprint density at radius 1 is 1.29 bits per heavy atom. The molecule has 0 aliphatic heterocycles. The number of thiophene rings is 1. The minimum absolute atomic E-state index is 0.116. The van der Waals surface area contributed by atoms with Gasteiger partial charge in [-0.05, 0) is 24.3 Å². The van der Waals surface area contributed by atoms with Crippen molar-refractivity contribution in [1.82, 2.24) is 0 Å². The van der Waals surface area contributed by atoms with E-state index in [4.69, 9.17) is 5.11 Å². The highest BCUT2D eigenvalue weighted by molar-refractivity contribution is 7.12. The molecule has 1 aromatic heterocycles. The van der Waals surface area contributed by atoms with Gasteiger partial charge in [0.05, 0.1) is 4.88 Å². The molecule has 14 heavy (non-hydrogen) atoms. The molecular formula is C10H12O3S. The number of ketones is 1. The van der Waals surface area contributed by atoms with Crippen molar-refractivity contribution in [3.8, 4) is 0 Å². The second-order valence-electron chi connectivity index (χ2n) is 3.00. The SMILES string of the molecule is O=C(O)CCCCC(=O)c1cccs1. The van der Waals surface area contributed by atoms with Gasteiger partial charge in [0.2, 0.25) is 0 Å². The van der Waals surface area contributed by atoms with Crippen molar-refractivity contribution in [3.63, 3.8) is 0 Å². The third kappa shape index (κ3) is 3.70. The molecule has 76 valence electrons. The van der Waals surface area contributed by atoms with Crippen molar-refractivity contribution in [2.75, 3.05) is 0 Å². The molecule has 0 saturated carbocycles. The molecular weight excluding hydrogens is 200 g/mol. The Morgan fingerprint density at radius 2 is 2.00 bits per heavy atom. The van der Waals surface area contributed by atoms with Gasteiger partial charge in [-0.15, -0.1) is 11.3 Å². The molecule has 0 atom stereocenters. The van der Waals surface area contributed by atoms with E-state index in [1.165, 1.54) is 11.3 Å². The molecule has 1 N–H and O–H groups in total. The van der Waals surface area contributed by atoms with Crippen LogP contribution >= 0.6 is 11.3 Å². The number of rotatable bonds is 6. The number of carboxylic acid groups (broad SMARTS) is 1. The van der Waals surface area contributed by atoms with Crippen LogP contribution in [-0.4, -0.2) is 16.9 Å². The molecule has 3 nitrogen and oxygen atoms in total. The standard InChI is InChI=1S/C10H12O3S/c11-8(9-5-3-7-14-9)4-1-2-6-10(12)13/h3,5,7H,1-2,4,6H2,(H,12,13). The lowest BCUT2D eigenvalue weighted by Crippen LogP contribution is -1.98. The number of carbonyl (C=O) groups is 2. The Hall–Kier alpha value is -1.16. The van der Waals surface area contributed by atoms with Gasteiger partial charge in [0, 0.05) is 12.8 Å². The van der Waals surface area contributed by atoms with E-state index < -0.39 is 5.97 Å². The van der Waals surface area contributed by atoms with Crippen LogP contribution < -0.4 is 0 Å². The maximum atomic E-state index is 11.4. The molecule has 0 bridgehead atoms. The van der Waals surface area contributed by atoms with Crippen molar-refractivity contribution in [3.05, 3.63) is 22.4 Å². The lowest BCUT2D eigenvalue weighted by Gasteiger charge is -1.96. The summed E-state index contributed by atoms with van der Waals surface area (Å²) in [5.41, 5.74) is 0. The molecule has 0 radical (unpaired) electrons. The molecule has 0 aliphatic rings. The number of hydrogen-bond acceptors (Lipinski definition) is 3. The van der Waals surface area contributed by atoms with Gasteiger partial charge in [-0.1, -0.05) is 6.07 Å². The first-order valence-corrected chi connectivity index (χ1v) is 5.36. The first-order valence-electron chi connectivity index (χ1n) is 4.48. The van der Waals surface area contributed by atoms with E-state index in [1.54, 1.807) is 6.07 Å². The lowest BCUT2D eigenvalue weighted by atomic mass is 10.1. The molecule has 0 aliphatic carbocycles. The minimum atomic E-state index is -0.798. The van der Waals surface area contributed by atoms with Crippen LogP contribution in [0.5, 0.6) is 0 Å². The molecule has 0 unspecified atom stereocenters. The Kier molecular flexibility index (Phi) is 4.32. The van der Waals surface area contributed by atoms with Crippen LogP contribution in [0.3, 0.4) is 0 Å². The van der Waals surface area contributed by atoms with Gasteiger partial charge in [-0.25, -0.2) is 0 Å². The summed E-state index contributed by atoms with van der Waals surface area (Å²) < 4.78 is 0. The topological polar surface area (TPSA) is 54.4 Å². The van der Waals surface area contributed by atoms with Crippen LogP contribution in [0.1, 0.15) is 35.4 Å². The van der Waals surface area contributed by atoms with Gasteiger partial charge in [0.25, 0.3) is 0 Å². The maximum Gasteiger partial charge on any atom is 0.303 e.